The zero-order chi connectivity index (χ0) is 12.4. The highest BCUT2D eigenvalue weighted by atomic mass is 16.2. The highest BCUT2D eigenvalue weighted by Gasteiger charge is 2.02. The van der Waals surface area contributed by atoms with Gasteiger partial charge in [0.15, 0.2) is 0 Å². The summed E-state index contributed by atoms with van der Waals surface area (Å²) in [5, 5.41) is 11.3. The van der Waals surface area contributed by atoms with Crippen molar-refractivity contribution in [1.29, 1.82) is 0 Å². The van der Waals surface area contributed by atoms with Crippen molar-refractivity contribution in [2.24, 2.45) is 0 Å². The molecule has 3 aromatic rings. The molecular weight excluding hydrogens is 222 g/mol. The molecular formula is C16H15NO. The zero-order valence-electron chi connectivity index (χ0n) is 10.1. The summed E-state index contributed by atoms with van der Waals surface area (Å²) in [6.45, 7) is 0.200. The minimum atomic E-state index is 0.200. The van der Waals surface area contributed by atoms with Crippen LogP contribution in [0.2, 0.25) is 0 Å². The van der Waals surface area contributed by atoms with Gasteiger partial charge in [-0.1, -0.05) is 42.5 Å². The Balaban J connectivity index is 2.09. The SMILES string of the molecule is OCCC=Cc1ccc2c(c1)[nH]c1ccccc12. The normalized spacial score (nSPS) is 11.8. The van der Waals surface area contributed by atoms with Crippen LogP contribution in [-0.4, -0.2) is 16.7 Å². The molecule has 0 fully saturated rings. The Labute approximate surface area is 106 Å². The lowest BCUT2D eigenvalue weighted by Crippen LogP contribution is -1.77. The van der Waals surface area contributed by atoms with E-state index in [1.807, 2.05) is 18.2 Å². The van der Waals surface area contributed by atoms with Crippen molar-refractivity contribution in [2.75, 3.05) is 6.61 Å². The number of para-hydroxylation sites is 1. The molecule has 0 bridgehead atoms. The van der Waals surface area contributed by atoms with E-state index in [1.165, 1.54) is 16.3 Å². The van der Waals surface area contributed by atoms with Gasteiger partial charge >= 0.3 is 0 Å². The molecule has 2 N–H and O–H groups in total. The van der Waals surface area contributed by atoms with Gasteiger partial charge in [0.05, 0.1) is 0 Å². The second-order valence-electron chi connectivity index (χ2n) is 4.39. The van der Waals surface area contributed by atoms with Crippen LogP contribution in [0.4, 0.5) is 0 Å². The van der Waals surface area contributed by atoms with Gasteiger partial charge in [-0.3, -0.25) is 0 Å². The summed E-state index contributed by atoms with van der Waals surface area (Å²) in [6, 6.07) is 14.7. The van der Waals surface area contributed by atoms with Gasteiger partial charge < -0.3 is 10.1 Å². The Morgan fingerprint density at radius 1 is 1.00 bits per heavy atom. The van der Waals surface area contributed by atoms with Crippen molar-refractivity contribution >= 4 is 27.9 Å². The third-order valence-corrected chi connectivity index (χ3v) is 3.14. The first-order valence-corrected chi connectivity index (χ1v) is 6.16. The number of hydrogen-bond donors (Lipinski definition) is 2. The molecule has 0 aliphatic rings. The van der Waals surface area contributed by atoms with E-state index in [1.54, 1.807) is 0 Å². The molecule has 0 saturated heterocycles. The highest BCUT2D eigenvalue weighted by Crippen LogP contribution is 2.26. The lowest BCUT2D eigenvalue weighted by Gasteiger charge is -1.95. The first-order valence-electron chi connectivity index (χ1n) is 6.16. The summed E-state index contributed by atoms with van der Waals surface area (Å²) in [4.78, 5) is 3.43. The van der Waals surface area contributed by atoms with Gasteiger partial charge in [-0.15, -0.1) is 0 Å². The van der Waals surface area contributed by atoms with E-state index < -0.39 is 0 Å². The number of aliphatic hydroxyl groups excluding tert-OH is 1. The summed E-state index contributed by atoms with van der Waals surface area (Å²) < 4.78 is 0. The van der Waals surface area contributed by atoms with Crippen molar-refractivity contribution < 1.29 is 5.11 Å². The Hall–Kier alpha value is -2.06. The molecule has 0 atom stereocenters. The number of H-pyrrole nitrogens is 1. The van der Waals surface area contributed by atoms with Crippen LogP contribution >= 0.6 is 0 Å². The molecule has 2 nitrogen and oxygen atoms in total. The molecule has 2 heteroatoms. The Morgan fingerprint density at radius 3 is 2.72 bits per heavy atom. The van der Waals surface area contributed by atoms with E-state index in [0.29, 0.717) is 6.42 Å². The van der Waals surface area contributed by atoms with Crippen LogP contribution in [-0.2, 0) is 0 Å². The van der Waals surface area contributed by atoms with Crippen molar-refractivity contribution in [2.45, 2.75) is 6.42 Å². The quantitative estimate of drug-likeness (QED) is 0.715. The molecule has 0 unspecified atom stereocenters. The number of aliphatic hydroxyl groups is 1. The predicted octanol–water partition coefficient (Wildman–Crippen LogP) is 3.72. The van der Waals surface area contributed by atoms with Gasteiger partial charge in [0, 0.05) is 28.4 Å². The average molecular weight is 237 g/mol. The van der Waals surface area contributed by atoms with E-state index in [0.717, 1.165) is 11.1 Å². The molecule has 90 valence electrons. The Kier molecular flexibility index (Phi) is 2.87. The largest absolute Gasteiger partial charge is 0.396 e. The third-order valence-electron chi connectivity index (χ3n) is 3.14. The smallest absolute Gasteiger partial charge is 0.0470 e. The predicted molar refractivity (Wildman–Crippen MR) is 76.5 cm³/mol. The zero-order valence-corrected chi connectivity index (χ0v) is 10.1. The van der Waals surface area contributed by atoms with Crippen LogP contribution in [0.3, 0.4) is 0 Å². The number of nitrogens with one attached hydrogen (secondary N) is 1. The Bertz CT molecular complexity index is 709. The minimum absolute atomic E-state index is 0.200. The molecule has 0 radical (unpaired) electrons. The molecule has 0 aliphatic carbocycles. The number of benzene rings is 2. The highest BCUT2D eigenvalue weighted by molar-refractivity contribution is 6.07. The summed E-state index contributed by atoms with van der Waals surface area (Å²) in [5.41, 5.74) is 3.48. The topological polar surface area (TPSA) is 36.0 Å². The number of aromatic nitrogens is 1. The molecule has 1 aromatic heterocycles. The van der Waals surface area contributed by atoms with Crippen molar-refractivity contribution in [3.8, 4) is 0 Å². The van der Waals surface area contributed by atoms with Crippen LogP contribution in [0.15, 0.2) is 48.5 Å². The summed E-state index contributed by atoms with van der Waals surface area (Å²) in [5.74, 6) is 0. The average Bonchev–Trinajstić information content (AvgIpc) is 2.76. The van der Waals surface area contributed by atoms with Gasteiger partial charge in [-0.2, -0.15) is 0 Å². The summed E-state index contributed by atoms with van der Waals surface area (Å²) >= 11 is 0. The van der Waals surface area contributed by atoms with E-state index in [-0.39, 0.29) is 6.61 Å². The number of hydrogen-bond acceptors (Lipinski definition) is 1. The third kappa shape index (κ3) is 1.91. The van der Waals surface area contributed by atoms with Crippen molar-refractivity contribution in [1.82, 2.24) is 4.98 Å². The van der Waals surface area contributed by atoms with Crippen LogP contribution < -0.4 is 0 Å². The number of aromatic amines is 1. The van der Waals surface area contributed by atoms with E-state index in [4.69, 9.17) is 5.11 Å². The lowest BCUT2D eigenvalue weighted by atomic mass is 10.1. The summed E-state index contributed by atoms with van der Waals surface area (Å²) in [7, 11) is 0. The maximum absolute atomic E-state index is 8.75. The molecule has 0 aliphatic heterocycles. The molecule has 3 rings (SSSR count). The standard InChI is InChI=1S/C16H15NO/c18-10-4-3-5-12-8-9-14-13-6-1-2-7-15(13)17-16(14)11-12/h1-3,5-9,11,17-18H,4,10H2. The van der Waals surface area contributed by atoms with Gasteiger partial charge in [0.1, 0.15) is 0 Å². The fourth-order valence-electron chi connectivity index (χ4n) is 2.27. The monoisotopic (exact) mass is 237 g/mol. The lowest BCUT2D eigenvalue weighted by molar-refractivity contribution is 0.303. The second-order valence-corrected chi connectivity index (χ2v) is 4.39. The molecule has 1 heterocycles. The van der Waals surface area contributed by atoms with E-state index >= 15 is 0 Å². The van der Waals surface area contributed by atoms with Crippen LogP contribution in [0.25, 0.3) is 27.9 Å². The van der Waals surface area contributed by atoms with Gasteiger partial charge in [0.25, 0.3) is 0 Å². The van der Waals surface area contributed by atoms with E-state index in [2.05, 4.69) is 41.4 Å². The fourth-order valence-corrected chi connectivity index (χ4v) is 2.27. The molecule has 0 amide bonds. The molecule has 18 heavy (non-hydrogen) atoms. The van der Waals surface area contributed by atoms with Gasteiger partial charge in [0.2, 0.25) is 0 Å². The maximum Gasteiger partial charge on any atom is 0.0470 e. The first-order chi connectivity index (χ1) is 8.88. The van der Waals surface area contributed by atoms with Crippen LogP contribution in [0, 0.1) is 0 Å². The van der Waals surface area contributed by atoms with Crippen LogP contribution in [0.1, 0.15) is 12.0 Å². The molecule has 0 saturated carbocycles. The summed E-state index contributed by atoms with van der Waals surface area (Å²) in [6.07, 6.45) is 4.73. The number of fused-ring (bicyclic) bond motifs is 3. The van der Waals surface area contributed by atoms with Gasteiger partial charge in [-0.05, 0) is 24.1 Å². The number of rotatable bonds is 3. The van der Waals surface area contributed by atoms with Crippen LogP contribution in [0.5, 0.6) is 0 Å². The maximum atomic E-state index is 8.75. The van der Waals surface area contributed by atoms with Gasteiger partial charge in [-0.25, -0.2) is 0 Å². The molecule has 0 spiro atoms. The molecule has 2 aromatic carbocycles. The fraction of sp³-hybridized carbons (Fsp3) is 0.125. The minimum Gasteiger partial charge on any atom is -0.396 e. The van der Waals surface area contributed by atoms with Crippen molar-refractivity contribution in [3.05, 3.63) is 54.1 Å². The van der Waals surface area contributed by atoms with Crippen molar-refractivity contribution in [3.63, 3.8) is 0 Å². The first kappa shape index (κ1) is 11.1. The Morgan fingerprint density at radius 2 is 1.83 bits per heavy atom. The second kappa shape index (κ2) is 4.67. The van der Waals surface area contributed by atoms with E-state index in [9.17, 15) is 0 Å².